The fraction of sp³-hybridized carbons (Fsp3) is 0.381. The number of hydrogen-bond acceptors (Lipinski definition) is 2. The maximum absolute atomic E-state index is 13.3. The smallest absolute Gasteiger partial charge is 0.258 e. The maximum Gasteiger partial charge on any atom is 0.258 e. The van der Waals surface area contributed by atoms with Gasteiger partial charge in [0.1, 0.15) is 0 Å². The van der Waals surface area contributed by atoms with E-state index >= 15 is 0 Å². The molecule has 0 saturated carbocycles. The minimum absolute atomic E-state index is 0. The van der Waals surface area contributed by atoms with Crippen molar-refractivity contribution in [2.24, 2.45) is 0 Å². The van der Waals surface area contributed by atoms with Crippen LogP contribution < -0.4 is 4.90 Å². The molecule has 1 saturated heterocycles. The van der Waals surface area contributed by atoms with Crippen LogP contribution in [0.4, 0.5) is 5.69 Å². The van der Waals surface area contributed by atoms with Gasteiger partial charge in [0, 0.05) is 29.8 Å². The Balaban J connectivity index is 0.00000182. The Labute approximate surface area is 156 Å². The van der Waals surface area contributed by atoms with Crippen LogP contribution in [0.1, 0.15) is 39.4 Å². The lowest BCUT2D eigenvalue weighted by molar-refractivity contribution is 0.0964. The van der Waals surface area contributed by atoms with E-state index < -0.39 is 0 Å². The molecule has 3 nitrogen and oxygen atoms in total. The van der Waals surface area contributed by atoms with Gasteiger partial charge in [-0.25, -0.2) is 0 Å². The Morgan fingerprint density at radius 1 is 1.04 bits per heavy atom. The van der Waals surface area contributed by atoms with Crippen molar-refractivity contribution in [2.75, 3.05) is 25.0 Å². The van der Waals surface area contributed by atoms with Crippen LogP contribution in [0.25, 0.3) is 0 Å². The zero-order valence-corrected chi connectivity index (χ0v) is 15.8. The van der Waals surface area contributed by atoms with E-state index in [4.69, 9.17) is 0 Å². The average molecular weight is 357 g/mol. The summed E-state index contributed by atoms with van der Waals surface area (Å²) >= 11 is 0. The van der Waals surface area contributed by atoms with E-state index in [1.54, 1.807) is 0 Å². The van der Waals surface area contributed by atoms with E-state index in [-0.39, 0.29) is 24.4 Å². The van der Waals surface area contributed by atoms with Gasteiger partial charge in [0.05, 0.1) is 0 Å². The summed E-state index contributed by atoms with van der Waals surface area (Å²) in [5, 5.41) is 0. The number of anilines is 1. The van der Waals surface area contributed by atoms with E-state index in [1.807, 2.05) is 24.3 Å². The monoisotopic (exact) mass is 356 g/mol. The molecule has 1 amide bonds. The number of rotatable bonds is 1. The molecule has 2 aliphatic heterocycles. The number of piperidine rings is 1. The SMILES string of the molecule is Cc1ccc(C(=O)N2c3ccc(C)cc3[C@@H]3CN(C)CC[C@H]32)cc1.Cl. The Kier molecular flexibility index (Phi) is 4.90. The molecule has 0 unspecified atom stereocenters. The molecular weight excluding hydrogens is 332 g/mol. The zero-order valence-electron chi connectivity index (χ0n) is 15.0. The van der Waals surface area contributed by atoms with E-state index in [9.17, 15) is 4.79 Å². The number of hydrogen-bond donors (Lipinski definition) is 0. The number of amides is 1. The first kappa shape index (κ1) is 18.0. The summed E-state index contributed by atoms with van der Waals surface area (Å²) in [6, 6.07) is 14.8. The van der Waals surface area contributed by atoms with Gasteiger partial charge in [-0.2, -0.15) is 0 Å². The molecular formula is C21H25ClN2O. The lowest BCUT2D eigenvalue weighted by Crippen LogP contribution is -2.47. The molecule has 1 fully saturated rings. The number of likely N-dealkylation sites (N-methyl/N-ethyl adjacent to an activating group) is 1. The van der Waals surface area contributed by atoms with Gasteiger partial charge < -0.3 is 9.80 Å². The number of likely N-dealkylation sites (tertiary alicyclic amines) is 1. The van der Waals surface area contributed by atoms with Gasteiger partial charge in [0.15, 0.2) is 0 Å². The van der Waals surface area contributed by atoms with Gasteiger partial charge >= 0.3 is 0 Å². The van der Waals surface area contributed by atoms with Crippen molar-refractivity contribution in [1.82, 2.24) is 4.90 Å². The van der Waals surface area contributed by atoms with Gasteiger partial charge in [0.2, 0.25) is 0 Å². The molecule has 0 spiro atoms. The second-order valence-electron chi connectivity index (χ2n) is 7.33. The van der Waals surface area contributed by atoms with E-state index in [2.05, 4.69) is 48.9 Å². The first-order chi connectivity index (χ1) is 11.5. The van der Waals surface area contributed by atoms with Crippen LogP contribution in [-0.4, -0.2) is 37.0 Å². The second-order valence-corrected chi connectivity index (χ2v) is 7.33. The van der Waals surface area contributed by atoms with Crippen molar-refractivity contribution in [3.05, 3.63) is 64.7 Å². The molecule has 2 atom stereocenters. The summed E-state index contributed by atoms with van der Waals surface area (Å²) in [7, 11) is 2.18. The van der Waals surface area contributed by atoms with Crippen molar-refractivity contribution in [3.8, 4) is 0 Å². The molecule has 25 heavy (non-hydrogen) atoms. The Bertz CT molecular complexity index is 787. The molecule has 2 heterocycles. The van der Waals surface area contributed by atoms with Crippen LogP contribution in [0, 0.1) is 13.8 Å². The highest BCUT2D eigenvalue weighted by molar-refractivity contribution is 6.08. The van der Waals surface area contributed by atoms with Crippen molar-refractivity contribution in [1.29, 1.82) is 0 Å². The minimum atomic E-state index is 0. The molecule has 0 bridgehead atoms. The zero-order chi connectivity index (χ0) is 16.8. The Morgan fingerprint density at radius 2 is 1.72 bits per heavy atom. The van der Waals surface area contributed by atoms with Crippen molar-refractivity contribution >= 4 is 24.0 Å². The highest BCUT2D eigenvalue weighted by Crippen LogP contribution is 2.45. The number of benzene rings is 2. The highest BCUT2D eigenvalue weighted by Gasteiger charge is 2.43. The largest absolute Gasteiger partial charge is 0.306 e. The van der Waals surface area contributed by atoms with Crippen LogP contribution in [0.3, 0.4) is 0 Å². The third-order valence-electron chi connectivity index (χ3n) is 5.47. The number of aryl methyl sites for hydroxylation is 2. The van der Waals surface area contributed by atoms with Crippen molar-refractivity contribution < 1.29 is 4.79 Å². The molecule has 2 aromatic carbocycles. The molecule has 2 aromatic rings. The minimum Gasteiger partial charge on any atom is -0.306 e. The van der Waals surface area contributed by atoms with Gasteiger partial charge in [-0.05, 0) is 57.6 Å². The van der Waals surface area contributed by atoms with Gasteiger partial charge in [0.25, 0.3) is 5.91 Å². The first-order valence-electron chi connectivity index (χ1n) is 8.74. The summed E-state index contributed by atoms with van der Waals surface area (Å²) in [5.41, 5.74) is 5.68. The number of carbonyl (C=O) groups excluding carboxylic acids is 1. The predicted octanol–water partition coefficient (Wildman–Crippen LogP) is 4.17. The molecule has 0 N–H and O–H groups in total. The molecule has 4 rings (SSSR count). The number of halogens is 1. The van der Waals surface area contributed by atoms with Gasteiger partial charge in [-0.3, -0.25) is 4.79 Å². The molecule has 2 aliphatic rings. The normalized spacial score (nSPS) is 22.1. The maximum atomic E-state index is 13.3. The van der Waals surface area contributed by atoms with Gasteiger partial charge in [-0.1, -0.05) is 35.4 Å². The van der Waals surface area contributed by atoms with Crippen LogP contribution >= 0.6 is 12.4 Å². The molecule has 0 aromatic heterocycles. The van der Waals surface area contributed by atoms with Crippen molar-refractivity contribution in [2.45, 2.75) is 32.2 Å². The topological polar surface area (TPSA) is 23.6 Å². The fourth-order valence-corrected chi connectivity index (χ4v) is 4.18. The summed E-state index contributed by atoms with van der Waals surface area (Å²) in [6.45, 7) is 6.26. The van der Waals surface area contributed by atoms with Crippen LogP contribution in [0.5, 0.6) is 0 Å². The average Bonchev–Trinajstić information content (AvgIpc) is 2.88. The number of nitrogens with zero attached hydrogens (tertiary/aromatic N) is 2. The number of fused-ring (bicyclic) bond motifs is 3. The van der Waals surface area contributed by atoms with Gasteiger partial charge in [-0.15, -0.1) is 12.4 Å². The van der Waals surface area contributed by atoms with E-state index in [0.717, 1.165) is 30.8 Å². The number of carbonyl (C=O) groups is 1. The Morgan fingerprint density at radius 3 is 2.44 bits per heavy atom. The molecule has 0 radical (unpaired) electrons. The van der Waals surface area contributed by atoms with E-state index in [0.29, 0.717) is 5.92 Å². The molecule has 4 heteroatoms. The summed E-state index contributed by atoms with van der Waals surface area (Å²) in [6.07, 6.45) is 1.03. The second kappa shape index (κ2) is 6.81. The first-order valence-corrected chi connectivity index (χ1v) is 8.74. The standard InChI is InChI=1S/C21H24N2O.ClH/c1-14-4-7-16(8-5-14)21(24)23-19-9-6-15(2)12-17(19)18-13-22(3)11-10-20(18)23;/h4-9,12,18,20H,10-11,13H2,1-3H3;1H/t18-,20+;/m0./s1. The van der Waals surface area contributed by atoms with E-state index in [1.165, 1.54) is 16.7 Å². The lowest BCUT2D eigenvalue weighted by atomic mass is 9.88. The fourth-order valence-electron chi connectivity index (χ4n) is 4.18. The highest BCUT2D eigenvalue weighted by atomic mass is 35.5. The summed E-state index contributed by atoms with van der Waals surface area (Å²) in [4.78, 5) is 17.7. The van der Waals surface area contributed by atoms with Crippen LogP contribution in [-0.2, 0) is 0 Å². The summed E-state index contributed by atoms with van der Waals surface area (Å²) < 4.78 is 0. The third-order valence-corrected chi connectivity index (χ3v) is 5.47. The Hall–Kier alpha value is -1.84. The molecule has 0 aliphatic carbocycles. The lowest BCUT2D eigenvalue weighted by Gasteiger charge is -2.36. The summed E-state index contributed by atoms with van der Waals surface area (Å²) in [5.74, 6) is 0.560. The third kappa shape index (κ3) is 3.07. The van der Waals surface area contributed by atoms with Crippen LogP contribution in [0.15, 0.2) is 42.5 Å². The predicted molar refractivity (Wildman–Crippen MR) is 105 cm³/mol. The molecule has 132 valence electrons. The van der Waals surface area contributed by atoms with Crippen molar-refractivity contribution in [3.63, 3.8) is 0 Å². The van der Waals surface area contributed by atoms with Crippen LogP contribution in [0.2, 0.25) is 0 Å². The quantitative estimate of drug-likeness (QED) is 0.765.